The van der Waals surface area contributed by atoms with Crippen LogP contribution in [-0.2, 0) is 6.54 Å². The Hall–Kier alpha value is -0.810. The van der Waals surface area contributed by atoms with Crippen LogP contribution in [0.15, 0.2) is 22.6 Å². The lowest BCUT2D eigenvalue weighted by Gasteiger charge is -2.03. The summed E-state index contributed by atoms with van der Waals surface area (Å²) in [5.41, 5.74) is 0.899. The normalized spacial score (nSPS) is 11.0. The zero-order chi connectivity index (χ0) is 10.7. The van der Waals surface area contributed by atoms with E-state index in [-0.39, 0.29) is 5.56 Å². The molecule has 2 aromatic heterocycles. The van der Waals surface area contributed by atoms with Gasteiger partial charge in [-0.1, -0.05) is 6.92 Å². The van der Waals surface area contributed by atoms with Crippen LogP contribution < -0.4 is 5.56 Å². The molecule has 0 aliphatic heterocycles. The van der Waals surface area contributed by atoms with Gasteiger partial charge in [-0.25, -0.2) is 4.98 Å². The van der Waals surface area contributed by atoms with Crippen molar-refractivity contribution in [3.63, 3.8) is 0 Å². The quantitative estimate of drug-likeness (QED) is 0.769. The zero-order valence-corrected chi connectivity index (χ0v) is 10.1. The summed E-state index contributed by atoms with van der Waals surface area (Å²) in [4.78, 5) is 16.2. The molecule has 0 spiro atoms. The third-order valence-electron chi connectivity index (χ3n) is 2.12. The molecule has 0 N–H and O–H groups in total. The van der Waals surface area contributed by atoms with Crippen LogP contribution in [0.5, 0.6) is 0 Å². The van der Waals surface area contributed by atoms with Crippen LogP contribution in [-0.4, -0.2) is 21.1 Å². The van der Waals surface area contributed by atoms with E-state index in [4.69, 9.17) is 0 Å². The predicted molar refractivity (Wildman–Crippen MR) is 66.9 cm³/mol. The lowest BCUT2D eigenvalue weighted by molar-refractivity contribution is 0.726. The SMILES string of the molecule is CCSCCn1cnc2ccsc2c1=O. The minimum Gasteiger partial charge on any atom is -0.297 e. The minimum atomic E-state index is 0.0895. The van der Waals surface area contributed by atoms with Gasteiger partial charge < -0.3 is 0 Å². The van der Waals surface area contributed by atoms with Crippen molar-refractivity contribution in [2.45, 2.75) is 13.5 Å². The molecule has 2 heterocycles. The standard InChI is InChI=1S/C10H12N2OS2/c1-2-14-6-4-12-7-11-8-3-5-15-9(8)10(12)13/h3,5,7H,2,4,6H2,1H3. The Kier molecular flexibility index (Phi) is 3.43. The van der Waals surface area contributed by atoms with Gasteiger partial charge in [0.1, 0.15) is 4.70 Å². The molecule has 15 heavy (non-hydrogen) atoms. The Labute approximate surface area is 96.1 Å². The van der Waals surface area contributed by atoms with E-state index < -0.39 is 0 Å². The molecule has 0 unspecified atom stereocenters. The smallest absolute Gasteiger partial charge is 0.271 e. The monoisotopic (exact) mass is 240 g/mol. The van der Waals surface area contributed by atoms with Crippen molar-refractivity contribution in [1.29, 1.82) is 0 Å². The van der Waals surface area contributed by atoms with Crippen LogP contribution in [0.4, 0.5) is 0 Å². The molecule has 5 heteroatoms. The van der Waals surface area contributed by atoms with E-state index in [1.807, 2.05) is 23.2 Å². The highest BCUT2D eigenvalue weighted by Gasteiger charge is 2.04. The Balaban J connectivity index is 2.28. The fourth-order valence-electron chi connectivity index (χ4n) is 1.35. The van der Waals surface area contributed by atoms with Gasteiger partial charge in [0.15, 0.2) is 0 Å². The molecule has 0 atom stereocenters. The van der Waals surface area contributed by atoms with E-state index in [2.05, 4.69) is 11.9 Å². The number of hydrogen-bond donors (Lipinski definition) is 0. The van der Waals surface area contributed by atoms with Crippen molar-refractivity contribution in [1.82, 2.24) is 9.55 Å². The van der Waals surface area contributed by atoms with Gasteiger partial charge in [0.2, 0.25) is 0 Å². The number of thiophene rings is 1. The van der Waals surface area contributed by atoms with E-state index in [1.54, 1.807) is 10.9 Å². The molecular weight excluding hydrogens is 228 g/mol. The maximum absolute atomic E-state index is 11.9. The van der Waals surface area contributed by atoms with Crippen molar-refractivity contribution in [3.8, 4) is 0 Å². The fraction of sp³-hybridized carbons (Fsp3) is 0.400. The van der Waals surface area contributed by atoms with Crippen molar-refractivity contribution < 1.29 is 0 Å². The van der Waals surface area contributed by atoms with E-state index in [1.165, 1.54) is 11.3 Å². The summed E-state index contributed by atoms with van der Waals surface area (Å²) in [7, 11) is 0. The fourth-order valence-corrected chi connectivity index (χ4v) is 2.75. The molecule has 0 amide bonds. The van der Waals surface area contributed by atoms with Crippen LogP contribution in [0, 0.1) is 0 Å². The van der Waals surface area contributed by atoms with Crippen molar-refractivity contribution in [3.05, 3.63) is 28.1 Å². The van der Waals surface area contributed by atoms with E-state index in [0.29, 0.717) is 0 Å². The summed E-state index contributed by atoms with van der Waals surface area (Å²) in [5, 5.41) is 1.91. The van der Waals surface area contributed by atoms with Gasteiger partial charge in [0, 0.05) is 12.3 Å². The molecule has 0 aliphatic carbocycles. The first kappa shape index (κ1) is 10.7. The second-order valence-electron chi connectivity index (χ2n) is 3.08. The number of hydrogen-bond acceptors (Lipinski definition) is 4. The molecule has 2 rings (SSSR count). The molecule has 0 aromatic carbocycles. The molecule has 0 saturated carbocycles. The van der Waals surface area contributed by atoms with E-state index in [0.717, 1.165) is 28.3 Å². The number of aromatic nitrogens is 2. The lowest BCUT2D eigenvalue weighted by atomic mass is 10.5. The van der Waals surface area contributed by atoms with Crippen LogP contribution in [0.3, 0.4) is 0 Å². The number of rotatable bonds is 4. The number of fused-ring (bicyclic) bond motifs is 1. The summed E-state index contributed by atoms with van der Waals surface area (Å²) in [5.74, 6) is 2.05. The second-order valence-corrected chi connectivity index (χ2v) is 5.38. The Bertz CT molecular complexity index is 503. The Morgan fingerprint density at radius 1 is 1.60 bits per heavy atom. The number of aryl methyl sites for hydroxylation is 1. The first-order chi connectivity index (χ1) is 7.33. The molecule has 0 fully saturated rings. The van der Waals surface area contributed by atoms with Gasteiger partial charge in [-0.05, 0) is 17.2 Å². The van der Waals surface area contributed by atoms with E-state index >= 15 is 0 Å². The van der Waals surface area contributed by atoms with Crippen LogP contribution in [0.25, 0.3) is 10.2 Å². The molecule has 0 saturated heterocycles. The third kappa shape index (κ3) is 2.23. The average molecular weight is 240 g/mol. The van der Waals surface area contributed by atoms with Crippen LogP contribution in [0.2, 0.25) is 0 Å². The molecule has 0 aliphatic rings. The topological polar surface area (TPSA) is 34.9 Å². The van der Waals surface area contributed by atoms with Crippen molar-refractivity contribution in [2.75, 3.05) is 11.5 Å². The van der Waals surface area contributed by atoms with Gasteiger partial charge in [-0.2, -0.15) is 11.8 Å². The Morgan fingerprint density at radius 2 is 2.47 bits per heavy atom. The molecule has 0 radical (unpaired) electrons. The van der Waals surface area contributed by atoms with E-state index in [9.17, 15) is 4.79 Å². The first-order valence-corrected chi connectivity index (χ1v) is 6.86. The maximum atomic E-state index is 11.9. The minimum absolute atomic E-state index is 0.0895. The highest BCUT2D eigenvalue weighted by Crippen LogP contribution is 2.13. The molecular formula is C10H12N2OS2. The average Bonchev–Trinajstić information content (AvgIpc) is 2.70. The maximum Gasteiger partial charge on any atom is 0.271 e. The van der Waals surface area contributed by atoms with Crippen molar-refractivity contribution in [2.24, 2.45) is 0 Å². The lowest BCUT2D eigenvalue weighted by Crippen LogP contribution is -2.20. The second kappa shape index (κ2) is 4.81. The summed E-state index contributed by atoms with van der Waals surface area (Å²) < 4.78 is 2.46. The van der Waals surface area contributed by atoms with Gasteiger partial charge in [-0.15, -0.1) is 11.3 Å². The van der Waals surface area contributed by atoms with Crippen LogP contribution >= 0.6 is 23.1 Å². The highest BCUT2D eigenvalue weighted by molar-refractivity contribution is 7.99. The third-order valence-corrected chi connectivity index (χ3v) is 3.89. The zero-order valence-electron chi connectivity index (χ0n) is 8.47. The summed E-state index contributed by atoms with van der Waals surface area (Å²) in [6.07, 6.45) is 1.65. The highest BCUT2D eigenvalue weighted by atomic mass is 32.2. The van der Waals surface area contributed by atoms with Gasteiger partial charge in [0.25, 0.3) is 5.56 Å². The van der Waals surface area contributed by atoms with Gasteiger partial charge in [0.05, 0.1) is 11.8 Å². The predicted octanol–water partition coefficient (Wildman–Crippen LogP) is 2.21. The van der Waals surface area contributed by atoms with Crippen LogP contribution in [0.1, 0.15) is 6.92 Å². The molecule has 2 aromatic rings. The number of nitrogens with zero attached hydrogens (tertiary/aromatic N) is 2. The first-order valence-electron chi connectivity index (χ1n) is 4.83. The molecule has 3 nitrogen and oxygen atoms in total. The van der Waals surface area contributed by atoms with Gasteiger partial charge >= 0.3 is 0 Å². The summed E-state index contributed by atoms with van der Waals surface area (Å²) in [6, 6.07) is 1.88. The van der Waals surface area contributed by atoms with Gasteiger partial charge in [-0.3, -0.25) is 9.36 Å². The number of thioether (sulfide) groups is 1. The largest absolute Gasteiger partial charge is 0.297 e. The van der Waals surface area contributed by atoms with Crippen molar-refractivity contribution >= 4 is 33.3 Å². The Morgan fingerprint density at radius 3 is 3.27 bits per heavy atom. The summed E-state index contributed by atoms with van der Waals surface area (Å²) in [6.45, 7) is 2.87. The summed E-state index contributed by atoms with van der Waals surface area (Å²) >= 11 is 3.30. The molecule has 0 bridgehead atoms. The molecule has 80 valence electrons.